The molecule has 0 saturated heterocycles. The molecule has 2 aromatic rings. The number of methoxy groups -OCH3 is 1. The molecule has 0 heterocycles. The van der Waals surface area contributed by atoms with Gasteiger partial charge in [-0.2, -0.15) is 5.26 Å². The van der Waals surface area contributed by atoms with E-state index in [0.29, 0.717) is 41.5 Å². The van der Waals surface area contributed by atoms with Gasteiger partial charge in [0, 0.05) is 17.5 Å². The monoisotopic (exact) mass is 372 g/mol. The van der Waals surface area contributed by atoms with Gasteiger partial charge in [0.25, 0.3) is 0 Å². The predicted octanol–water partition coefficient (Wildman–Crippen LogP) is 4.26. The third kappa shape index (κ3) is 5.68. The quantitative estimate of drug-likeness (QED) is 0.703. The number of hydrogen-bond donors (Lipinski definition) is 1. The van der Waals surface area contributed by atoms with Gasteiger partial charge in [0.2, 0.25) is 5.91 Å². The van der Waals surface area contributed by atoms with Crippen LogP contribution in [-0.4, -0.2) is 19.6 Å². The lowest BCUT2D eigenvalue weighted by atomic mass is 10.1. The van der Waals surface area contributed by atoms with Crippen molar-refractivity contribution in [2.75, 3.05) is 13.7 Å². The van der Waals surface area contributed by atoms with Crippen molar-refractivity contribution in [2.24, 2.45) is 0 Å². The zero-order valence-electron chi connectivity index (χ0n) is 14.8. The van der Waals surface area contributed by atoms with Crippen molar-refractivity contribution in [3.8, 4) is 17.6 Å². The Morgan fingerprint density at radius 3 is 2.62 bits per heavy atom. The highest BCUT2D eigenvalue weighted by Crippen LogP contribution is 2.28. The van der Waals surface area contributed by atoms with Crippen LogP contribution in [-0.2, 0) is 4.79 Å². The van der Waals surface area contributed by atoms with Crippen molar-refractivity contribution in [2.45, 2.75) is 25.8 Å². The molecule has 2 rings (SSSR count). The van der Waals surface area contributed by atoms with E-state index in [-0.39, 0.29) is 11.9 Å². The molecule has 1 unspecified atom stereocenters. The topological polar surface area (TPSA) is 71.3 Å². The van der Waals surface area contributed by atoms with Crippen molar-refractivity contribution in [1.82, 2.24) is 5.32 Å². The number of carbonyl (C=O) groups is 1. The average Bonchev–Trinajstić information content (AvgIpc) is 2.65. The number of amides is 1. The van der Waals surface area contributed by atoms with Crippen LogP contribution < -0.4 is 14.8 Å². The van der Waals surface area contributed by atoms with Crippen LogP contribution in [0.5, 0.6) is 11.5 Å². The van der Waals surface area contributed by atoms with Crippen LogP contribution in [0.15, 0.2) is 42.5 Å². The van der Waals surface area contributed by atoms with Crippen molar-refractivity contribution < 1.29 is 14.3 Å². The van der Waals surface area contributed by atoms with E-state index in [9.17, 15) is 4.79 Å². The van der Waals surface area contributed by atoms with Gasteiger partial charge in [0.1, 0.15) is 0 Å². The molecule has 0 saturated carbocycles. The van der Waals surface area contributed by atoms with Crippen molar-refractivity contribution in [3.63, 3.8) is 0 Å². The summed E-state index contributed by atoms with van der Waals surface area (Å²) in [6.45, 7) is 2.31. The molecule has 5 nitrogen and oxygen atoms in total. The summed E-state index contributed by atoms with van der Waals surface area (Å²) < 4.78 is 10.9. The van der Waals surface area contributed by atoms with E-state index in [2.05, 4.69) is 5.32 Å². The first kappa shape index (κ1) is 19.6. The number of hydrogen-bond acceptors (Lipinski definition) is 4. The Balaban J connectivity index is 1.76. The normalized spacial score (nSPS) is 11.3. The van der Waals surface area contributed by atoms with Gasteiger partial charge in [-0.05, 0) is 43.2 Å². The van der Waals surface area contributed by atoms with Crippen LogP contribution in [0.25, 0.3) is 0 Å². The molecule has 0 bridgehead atoms. The minimum Gasteiger partial charge on any atom is -0.493 e. The molecule has 1 amide bonds. The number of rotatable bonds is 8. The van der Waals surface area contributed by atoms with Crippen LogP contribution in [0.3, 0.4) is 0 Å². The fourth-order valence-electron chi connectivity index (χ4n) is 2.42. The maximum atomic E-state index is 12.1. The van der Waals surface area contributed by atoms with E-state index in [1.54, 1.807) is 30.3 Å². The number of ether oxygens (including phenoxy) is 2. The highest BCUT2D eigenvalue weighted by molar-refractivity contribution is 6.30. The van der Waals surface area contributed by atoms with Crippen LogP contribution in [0, 0.1) is 11.3 Å². The smallest absolute Gasteiger partial charge is 0.220 e. The van der Waals surface area contributed by atoms with Crippen LogP contribution in [0.4, 0.5) is 0 Å². The molecule has 0 aliphatic heterocycles. The molecule has 0 radical (unpaired) electrons. The second-order valence-electron chi connectivity index (χ2n) is 5.77. The SMILES string of the molecule is COc1cc(C#N)ccc1OCCCC(=O)NC(C)c1ccc(Cl)cc1. The first-order chi connectivity index (χ1) is 12.5. The predicted molar refractivity (Wildman–Crippen MR) is 100 cm³/mol. The molecule has 136 valence electrons. The summed E-state index contributed by atoms with van der Waals surface area (Å²) in [5, 5.41) is 12.5. The van der Waals surface area contributed by atoms with Gasteiger partial charge in [-0.15, -0.1) is 0 Å². The summed E-state index contributed by atoms with van der Waals surface area (Å²) >= 11 is 5.87. The summed E-state index contributed by atoms with van der Waals surface area (Å²) in [7, 11) is 1.52. The van der Waals surface area contributed by atoms with E-state index in [1.807, 2.05) is 25.1 Å². The third-order valence-corrected chi connectivity index (χ3v) is 4.10. The Hall–Kier alpha value is -2.71. The van der Waals surface area contributed by atoms with E-state index >= 15 is 0 Å². The lowest BCUT2D eigenvalue weighted by Crippen LogP contribution is -2.26. The maximum Gasteiger partial charge on any atom is 0.220 e. The molecule has 0 spiro atoms. The van der Waals surface area contributed by atoms with Gasteiger partial charge < -0.3 is 14.8 Å². The van der Waals surface area contributed by atoms with E-state index in [1.165, 1.54) is 7.11 Å². The molecular weight excluding hydrogens is 352 g/mol. The van der Waals surface area contributed by atoms with Crippen LogP contribution in [0.2, 0.25) is 5.02 Å². The van der Waals surface area contributed by atoms with Gasteiger partial charge in [-0.1, -0.05) is 23.7 Å². The zero-order valence-corrected chi connectivity index (χ0v) is 15.5. The van der Waals surface area contributed by atoms with Gasteiger partial charge in [0.15, 0.2) is 11.5 Å². The van der Waals surface area contributed by atoms with E-state index in [4.69, 9.17) is 26.3 Å². The Bertz CT molecular complexity index is 785. The largest absolute Gasteiger partial charge is 0.493 e. The van der Waals surface area contributed by atoms with Gasteiger partial charge in [-0.3, -0.25) is 4.79 Å². The number of nitrogens with one attached hydrogen (secondary N) is 1. The van der Waals surface area contributed by atoms with Gasteiger partial charge in [0.05, 0.1) is 31.4 Å². The summed E-state index contributed by atoms with van der Waals surface area (Å²) in [5.74, 6) is 1.02. The number of nitrogens with zero attached hydrogens (tertiary/aromatic N) is 1. The molecule has 0 fully saturated rings. The molecule has 1 atom stereocenters. The van der Waals surface area contributed by atoms with E-state index in [0.717, 1.165) is 5.56 Å². The summed E-state index contributed by atoms with van der Waals surface area (Å²) in [6.07, 6.45) is 0.929. The Morgan fingerprint density at radius 2 is 1.96 bits per heavy atom. The molecule has 26 heavy (non-hydrogen) atoms. The van der Waals surface area contributed by atoms with E-state index < -0.39 is 0 Å². The zero-order chi connectivity index (χ0) is 18.9. The maximum absolute atomic E-state index is 12.1. The fourth-order valence-corrected chi connectivity index (χ4v) is 2.55. The van der Waals surface area contributed by atoms with Crippen molar-refractivity contribution in [3.05, 3.63) is 58.6 Å². The number of carbonyl (C=O) groups excluding carboxylic acids is 1. The molecule has 0 aromatic heterocycles. The van der Waals surface area contributed by atoms with Gasteiger partial charge in [-0.25, -0.2) is 0 Å². The average molecular weight is 373 g/mol. The Kier molecular flexibility index (Phi) is 7.31. The number of halogens is 1. The summed E-state index contributed by atoms with van der Waals surface area (Å²) in [6, 6.07) is 14.3. The Labute approximate surface area is 158 Å². The first-order valence-electron chi connectivity index (χ1n) is 8.29. The number of benzene rings is 2. The molecule has 0 aliphatic carbocycles. The molecule has 0 aliphatic rings. The van der Waals surface area contributed by atoms with Crippen molar-refractivity contribution in [1.29, 1.82) is 5.26 Å². The van der Waals surface area contributed by atoms with Crippen LogP contribution >= 0.6 is 11.6 Å². The van der Waals surface area contributed by atoms with Crippen LogP contribution in [0.1, 0.15) is 36.9 Å². The summed E-state index contributed by atoms with van der Waals surface area (Å²) in [5.41, 5.74) is 1.51. The Morgan fingerprint density at radius 1 is 1.23 bits per heavy atom. The lowest BCUT2D eigenvalue weighted by Gasteiger charge is -2.15. The summed E-state index contributed by atoms with van der Waals surface area (Å²) in [4.78, 5) is 12.1. The highest BCUT2D eigenvalue weighted by atomic mass is 35.5. The lowest BCUT2D eigenvalue weighted by molar-refractivity contribution is -0.121. The second-order valence-corrected chi connectivity index (χ2v) is 6.21. The molecule has 6 heteroatoms. The minimum absolute atomic E-state index is 0.0390. The second kappa shape index (κ2) is 9.69. The number of nitriles is 1. The van der Waals surface area contributed by atoms with Gasteiger partial charge >= 0.3 is 0 Å². The molecule has 2 aromatic carbocycles. The van der Waals surface area contributed by atoms with Crippen molar-refractivity contribution >= 4 is 17.5 Å². The first-order valence-corrected chi connectivity index (χ1v) is 8.67. The third-order valence-electron chi connectivity index (χ3n) is 3.85. The standard InChI is InChI=1S/C20H21ClN2O3/c1-14(16-6-8-17(21)9-7-16)23-20(24)4-3-11-26-18-10-5-15(13-22)12-19(18)25-2/h5-10,12,14H,3-4,11H2,1-2H3,(H,23,24). The fraction of sp³-hybridized carbons (Fsp3) is 0.300. The molecular formula is C20H21ClN2O3. The molecule has 1 N–H and O–H groups in total. The minimum atomic E-state index is -0.0840. The highest BCUT2D eigenvalue weighted by Gasteiger charge is 2.10.